The molecule has 1 aliphatic heterocycles. The summed E-state index contributed by atoms with van der Waals surface area (Å²) in [5, 5.41) is 6.85. The first-order chi connectivity index (χ1) is 12.9. The quantitative estimate of drug-likeness (QED) is 0.201. The van der Waals surface area contributed by atoms with Gasteiger partial charge in [-0.1, -0.05) is 0 Å². The number of hydrogen-bond donors (Lipinski definition) is 2. The fraction of sp³-hybridized carbons (Fsp3) is 0.737. The van der Waals surface area contributed by atoms with Crippen LogP contribution in [-0.2, 0) is 15.9 Å². The van der Waals surface area contributed by atoms with Crippen LogP contribution in [-0.4, -0.2) is 76.6 Å². The number of hydrogen-bond acceptors (Lipinski definition) is 5. The number of aliphatic imine (C=N–C) groups is 1. The van der Waals surface area contributed by atoms with Gasteiger partial charge in [-0.3, -0.25) is 9.89 Å². The molecule has 1 aromatic heterocycles. The third-order valence-corrected chi connectivity index (χ3v) is 4.24. The van der Waals surface area contributed by atoms with Crippen molar-refractivity contribution < 1.29 is 13.9 Å². The minimum Gasteiger partial charge on any atom is -0.469 e. The number of nitrogens with one attached hydrogen (secondary N) is 2. The van der Waals surface area contributed by atoms with E-state index in [1.165, 1.54) is 0 Å². The van der Waals surface area contributed by atoms with Crippen molar-refractivity contribution >= 4 is 29.9 Å². The fourth-order valence-electron chi connectivity index (χ4n) is 2.74. The highest BCUT2D eigenvalue weighted by atomic mass is 127. The van der Waals surface area contributed by atoms with Crippen LogP contribution in [0, 0.1) is 0 Å². The SMILES string of the molecule is CCOCCCCN=C(NCCc1ccco1)NCCN1CCOCC1.I. The van der Waals surface area contributed by atoms with Crippen molar-refractivity contribution in [2.45, 2.75) is 26.2 Å². The van der Waals surface area contributed by atoms with Crippen molar-refractivity contribution in [3.05, 3.63) is 24.2 Å². The molecule has 7 nitrogen and oxygen atoms in total. The van der Waals surface area contributed by atoms with Crippen LogP contribution in [0.5, 0.6) is 0 Å². The lowest BCUT2D eigenvalue weighted by atomic mass is 10.3. The highest BCUT2D eigenvalue weighted by Crippen LogP contribution is 1.99. The molecule has 0 atom stereocenters. The van der Waals surface area contributed by atoms with Gasteiger partial charge in [-0.15, -0.1) is 24.0 Å². The molecule has 0 radical (unpaired) electrons. The Hall–Kier alpha value is -0.840. The molecule has 27 heavy (non-hydrogen) atoms. The summed E-state index contributed by atoms with van der Waals surface area (Å²) in [5.74, 6) is 1.86. The molecule has 156 valence electrons. The van der Waals surface area contributed by atoms with Crippen molar-refractivity contribution in [3.63, 3.8) is 0 Å². The maximum absolute atomic E-state index is 5.39. The van der Waals surface area contributed by atoms with Gasteiger partial charge in [-0.25, -0.2) is 0 Å². The van der Waals surface area contributed by atoms with Gasteiger partial charge in [0.1, 0.15) is 5.76 Å². The van der Waals surface area contributed by atoms with Crippen LogP contribution in [0.3, 0.4) is 0 Å². The molecule has 1 aromatic rings. The van der Waals surface area contributed by atoms with E-state index < -0.39 is 0 Å². The molecule has 0 aliphatic carbocycles. The maximum Gasteiger partial charge on any atom is 0.191 e. The molecule has 2 rings (SSSR count). The predicted molar refractivity (Wildman–Crippen MR) is 119 cm³/mol. The van der Waals surface area contributed by atoms with Crippen LogP contribution in [0.15, 0.2) is 27.8 Å². The number of ether oxygens (including phenoxy) is 2. The van der Waals surface area contributed by atoms with Gasteiger partial charge >= 0.3 is 0 Å². The Balaban J connectivity index is 0.00000364. The average molecular weight is 494 g/mol. The van der Waals surface area contributed by atoms with E-state index in [-0.39, 0.29) is 24.0 Å². The van der Waals surface area contributed by atoms with Crippen LogP contribution in [0.2, 0.25) is 0 Å². The first kappa shape index (κ1) is 24.2. The molecular weight excluding hydrogens is 459 g/mol. The second-order valence-corrected chi connectivity index (χ2v) is 6.27. The van der Waals surface area contributed by atoms with Crippen molar-refractivity contribution in [2.75, 3.05) is 65.7 Å². The van der Waals surface area contributed by atoms with Crippen molar-refractivity contribution in [1.29, 1.82) is 0 Å². The Morgan fingerprint density at radius 3 is 2.78 bits per heavy atom. The van der Waals surface area contributed by atoms with Crippen LogP contribution < -0.4 is 10.6 Å². The van der Waals surface area contributed by atoms with Gasteiger partial charge in [0, 0.05) is 58.9 Å². The van der Waals surface area contributed by atoms with Gasteiger partial charge < -0.3 is 24.5 Å². The minimum absolute atomic E-state index is 0. The van der Waals surface area contributed by atoms with E-state index in [9.17, 15) is 0 Å². The van der Waals surface area contributed by atoms with Crippen molar-refractivity contribution in [1.82, 2.24) is 15.5 Å². The Morgan fingerprint density at radius 2 is 2.04 bits per heavy atom. The summed E-state index contributed by atoms with van der Waals surface area (Å²) in [6, 6.07) is 3.92. The maximum atomic E-state index is 5.39. The largest absolute Gasteiger partial charge is 0.469 e. The fourth-order valence-corrected chi connectivity index (χ4v) is 2.74. The minimum atomic E-state index is 0. The monoisotopic (exact) mass is 494 g/mol. The Morgan fingerprint density at radius 1 is 1.22 bits per heavy atom. The molecule has 0 unspecified atom stereocenters. The second kappa shape index (κ2) is 16.1. The summed E-state index contributed by atoms with van der Waals surface area (Å²) in [7, 11) is 0. The summed E-state index contributed by atoms with van der Waals surface area (Å²) in [6.07, 6.45) is 4.64. The molecule has 2 N–H and O–H groups in total. The average Bonchev–Trinajstić information content (AvgIpc) is 3.18. The van der Waals surface area contributed by atoms with E-state index in [0.717, 1.165) is 96.7 Å². The lowest BCUT2D eigenvalue weighted by molar-refractivity contribution is 0.0389. The van der Waals surface area contributed by atoms with E-state index in [1.807, 2.05) is 19.1 Å². The summed E-state index contributed by atoms with van der Waals surface area (Å²) in [6.45, 7) is 10.8. The van der Waals surface area contributed by atoms with E-state index in [4.69, 9.17) is 13.9 Å². The van der Waals surface area contributed by atoms with Crippen molar-refractivity contribution in [2.24, 2.45) is 4.99 Å². The highest BCUT2D eigenvalue weighted by Gasteiger charge is 2.09. The number of morpholine rings is 1. The Bertz CT molecular complexity index is 479. The smallest absolute Gasteiger partial charge is 0.191 e. The predicted octanol–water partition coefficient (Wildman–Crippen LogP) is 2.12. The number of furan rings is 1. The van der Waals surface area contributed by atoms with Crippen LogP contribution >= 0.6 is 24.0 Å². The number of guanidine groups is 1. The van der Waals surface area contributed by atoms with Gasteiger partial charge in [0.05, 0.1) is 19.5 Å². The van der Waals surface area contributed by atoms with Crippen LogP contribution in [0.1, 0.15) is 25.5 Å². The number of nitrogens with zero attached hydrogens (tertiary/aromatic N) is 2. The summed E-state index contributed by atoms with van der Waals surface area (Å²) >= 11 is 0. The van der Waals surface area contributed by atoms with Crippen molar-refractivity contribution in [3.8, 4) is 0 Å². The van der Waals surface area contributed by atoms with Gasteiger partial charge in [0.25, 0.3) is 0 Å². The number of rotatable bonds is 12. The first-order valence-electron chi connectivity index (χ1n) is 9.81. The zero-order chi connectivity index (χ0) is 18.3. The van der Waals surface area contributed by atoms with E-state index >= 15 is 0 Å². The molecule has 1 fully saturated rings. The normalized spacial score (nSPS) is 15.4. The van der Waals surface area contributed by atoms with Gasteiger partial charge in [-0.2, -0.15) is 0 Å². The Labute approximate surface area is 180 Å². The number of unbranched alkanes of at least 4 members (excludes halogenated alkanes) is 1. The summed E-state index contributed by atoms with van der Waals surface area (Å²) in [4.78, 5) is 7.10. The highest BCUT2D eigenvalue weighted by molar-refractivity contribution is 14.0. The standard InChI is InChI=1S/C19H34N4O3.HI/c1-2-24-14-4-3-8-20-19(21-9-7-18-6-5-15-26-18)22-10-11-23-12-16-25-17-13-23;/h5-6,15H,2-4,7-14,16-17H2,1H3,(H2,20,21,22);1H. The van der Waals surface area contributed by atoms with E-state index in [0.29, 0.717) is 0 Å². The topological polar surface area (TPSA) is 71.3 Å². The lowest BCUT2D eigenvalue weighted by Gasteiger charge is -2.26. The van der Waals surface area contributed by atoms with E-state index in [2.05, 4.69) is 20.5 Å². The molecule has 0 bridgehead atoms. The molecule has 1 saturated heterocycles. The molecule has 0 aromatic carbocycles. The second-order valence-electron chi connectivity index (χ2n) is 6.27. The van der Waals surface area contributed by atoms with E-state index in [1.54, 1.807) is 6.26 Å². The third-order valence-electron chi connectivity index (χ3n) is 4.24. The molecule has 0 spiro atoms. The van der Waals surface area contributed by atoms with Gasteiger partial charge in [-0.05, 0) is 31.9 Å². The zero-order valence-electron chi connectivity index (χ0n) is 16.5. The molecular formula is C19H35IN4O3. The van der Waals surface area contributed by atoms with Gasteiger partial charge in [0.2, 0.25) is 0 Å². The first-order valence-corrected chi connectivity index (χ1v) is 9.81. The number of halogens is 1. The summed E-state index contributed by atoms with van der Waals surface area (Å²) in [5.41, 5.74) is 0. The lowest BCUT2D eigenvalue weighted by Crippen LogP contribution is -2.44. The zero-order valence-corrected chi connectivity index (χ0v) is 18.8. The molecule has 0 saturated carbocycles. The Kier molecular flexibility index (Phi) is 14.5. The molecule has 8 heteroatoms. The van der Waals surface area contributed by atoms with Gasteiger partial charge in [0.15, 0.2) is 5.96 Å². The van der Waals surface area contributed by atoms with Crippen LogP contribution in [0.25, 0.3) is 0 Å². The molecule has 1 aliphatic rings. The van der Waals surface area contributed by atoms with Crippen LogP contribution in [0.4, 0.5) is 0 Å². The summed E-state index contributed by atoms with van der Waals surface area (Å²) < 4.78 is 16.1. The molecule has 2 heterocycles. The molecule has 0 amide bonds. The third kappa shape index (κ3) is 11.6.